The van der Waals surface area contributed by atoms with Gasteiger partial charge in [-0.2, -0.15) is 0 Å². The number of aryl methyl sites for hydroxylation is 1. The summed E-state index contributed by atoms with van der Waals surface area (Å²) in [5.74, 6) is 1.39. The molecular formula is C16H22N2O. The first kappa shape index (κ1) is 12.7. The first-order chi connectivity index (χ1) is 9.25. The second-order valence-electron chi connectivity index (χ2n) is 5.89. The lowest BCUT2D eigenvalue weighted by atomic mass is 9.88. The molecule has 102 valence electrons. The fourth-order valence-corrected chi connectivity index (χ4v) is 3.12. The Kier molecular flexibility index (Phi) is 3.56. The maximum Gasteiger partial charge on any atom is 0.223 e. The van der Waals surface area contributed by atoms with Gasteiger partial charge in [0, 0.05) is 18.4 Å². The van der Waals surface area contributed by atoms with Crippen LogP contribution in [-0.2, 0) is 11.2 Å². The standard InChI is InChI=1S/C16H22N2O/c1-11(14-8-17-9-14)16(19)18-10-13-7-6-12-4-2-3-5-15(12)13/h2-5,11,13-14,17H,6-10H2,1H3,(H,18,19). The Morgan fingerprint density at radius 3 is 2.95 bits per heavy atom. The van der Waals surface area contributed by atoms with E-state index in [1.165, 1.54) is 17.5 Å². The number of amides is 1. The molecule has 0 aromatic heterocycles. The van der Waals surface area contributed by atoms with E-state index in [1.807, 2.05) is 6.92 Å². The van der Waals surface area contributed by atoms with Crippen LogP contribution in [0.3, 0.4) is 0 Å². The molecule has 1 aliphatic carbocycles. The maximum absolute atomic E-state index is 12.1. The molecule has 1 aromatic rings. The first-order valence-electron chi connectivity index (χ1n) is 7.32. The Morgan fingerprint density at radius 2 is 2.21 bits per heavy atom. The molecule has 0 radical (unpaired) electrons. The Balaban J connectivity index is 1.54. The van der Waals surface area contributed by atoms with Crippen molar-refractivity contribution in [2.75, 3.05) is 19.6 Å². The summed E-state index contributed by atoms with van der Waals surface area (Å²) < 4.78 is 0. The molecule has 3 rings (SSSR count). The van der Waals surface area contributed by atoms with E-state index in [9.17, 15) is 4.79 Å². The van der Waals surface area contributed by atoms with Crippen LogP contribution in [-0.4, -0.2) is 25.5 Å². The van der Waals surface area contributed by atoms with E-state index in [0.29, 0.717) is 11.8 Å². The highest BCUT2D eigenvalue weighted by Gasteiger charge is 2.29. The fraction of sp³-hybridized carbons (Fsp3) is 0.562. The van der Waals surface area contributed by atoms with E-state index in [1.54, 1.807) is 0 Å². The molecule has 19 heavy (non-hydrogen) atoms. The quantitative estimate of drug-likeness (QED) is 0.863. The van der Waals surface area contributed by atoms with E-state index in [0.717, 1.165) is 26.1 Å². The van der Waals surface area contributed by atoms with Crippen LogP contribution < -0.4 is 10.6 Å². The molecule has 3 nitrogen and oxygen atoms in total. The zero-order valence-corrected chi connectivity index (χ0v) is 11.5. The highest BCUT2D eigenvalue weighted by atomic mass is 16.1. The van der Waals surface area contributed by atoms with E-state index < -0.39 is 0 Å². The Morgan fingerprint density at radius 1 is 1.42 bits per heavy atom. The van der Waals surface area contributed by atoms with Gasteiger partial charge in [-0.25, -0.2) is 0 Å². The number of carbonyl (C=O) groups excluding carboxylic acids is 1. The highest BCUT2D eigenvalue weighted by molar-refractivity contribution is 5.78. The number of benzene rings is 1. The van der Waals surface area contributed by atoms with Gasteiger partial charge in [-0.1, -0.05) is 31.2 Å². The summed E-state index contributed by atoms with van der Waals surface area (Å²) in [6.45, 7) is 4.81. The van der Waals surface area contributed by atoms with Crippen molar-refractivity contribution in [2.24, 2.45) is 11.8 Å². The molecule has 1 heterocycles. The lowest BCUT2D eigenvalue weighted by molar-refractivity contribution is -0.126. The van der Waals surface area contributed by atoms with Crippen LogP contribution in [0, 0.1) is 11.8 Å². The summed E-state index contributed by atoms with van der Waals surface area (Å²) >= 11 is 0. The van der Waals surface area contributed by atoms with Crippen molar-refractivity contribution in [3.8, 4) is 0 Å². The average Bonchev–Trinajstić information content (AvgIpc) is 2.77. The number of hydrogen-bond acceptors (Lipinski definition) is 2. The van der Waals surface area contributed by atoms with Crippen LogP contribution in [0.1, 0.15) is 30.4 Å². The van der Waals surface area contributed by atoms with Crippen molar-refractivity contribution in [3.63, 3.8) is 0 Å². The molecule has 1 aromatic carbocycles. The van der Waals surface area contributed by atoms with Crippen LogP contribution in [0.2, 0.25) is 0 Å². The zero-order chi connectivity index (χ0) is 13.2. The molecular weight excluding hydrogens is 236 g/mol. The van der Waals surface area contributed by atoms with Gasteiger partial charge in [0.25, 0.3) is 0 Å². The maximum atomic E-state index is 12.1. The zero-order valence-electron chi connectivity index (χ0n) is 11.5. The summed E-state index contributed by atoms with van der Waals surface area (Å²) in [4.78, 5) is 12.1. The molecule has 3 heteroatoms. The molecule has 1 fully saturated rings. The SMILES string of the molecule is CC(C(=O)NCC1CCc2ccccc21)C1CNC1. The summed E-state index contributed by atoms with van der Waals surface area (Å²) in [5.41, 5.74) is 2.89. The third-order valence-electron chi connectivity index (χ3n) is 4.71. The molecule has 1 aliphatic heterocycles. The van der Waals surface area contributed by atoms with Crippen molar-refractivity contribution < 1.29 is 4.79 Å². The van der Waals surface area contributed by atoms with Crippen LogP contribution in [0.25, 0.3) is 0 Å². The van der Waals surface area contributed by atoms with Gasteiger partial charge in [0.05, 0.1) is 0 Å². The van der Waals surface area contributed by atoms with Crippen molar-refractivity contribution >= 4 is 5.91 Å². The minimum absolute atomic E-state index is 0.137. The molecule has 0 bridgehead atoms. The predicted molar refractivity (Wildman–Crippen MR) is 76.0 cm³/mol. The molecule has 0 saturated carbocycles. The fourth-order valence-electron chi connectivity index (χ4n) is 3.12. The number of nitrogens with one attached hydrogen (secondary N) is 2. The van der Waals surface area contributed by atoms with Gasteiger partial charge in [-0.05, 0) is 43.0 Å². The highest BCUT2D eigenvalue weighted by Crippen LogP contribution is 2.32. The Labute approximate surface area is 114 Å². The summed E-state index contributed by atoms with van der Waals surface area (Å²) in [6, 6.07) is 8.62. The third-order valence-corrected chi connectivity index (χ3v) is 4.71. The summed E-state index contributed by atoms with van der Waals surface area (Å²) in [5, 5.41) is 6.37. The molecule has 0 spiro atoms. The van der Waals surface area contributed by atoms with Gasteiger partial charge in [0.15, 0.2) is 0 Å². The van der Waals surface area contributed by atoms with Crippen LogP contribution in [0.4, 0.5) is 0 Å². The van der Waals surface area contributed by atoms with Crippen molar-refractivity contribution in [1.82, 2.24) is 10.6 Å². The van der Waals surface area contributed by atoms with E-state index >= 15 is 0 Å². The molecule has 2 N–H and O–H groups in total. The number of rotatable bonds is 4. The topological polar surface area (TPSA) is 41.1 Å². The second-order valence-corrected chi connectivity index (χ2v) is 5.89. The molecule has 1 amide bonds. The largest absolute Gasteiger partial charge is 0.355 e. The van der Waals surface area contributed by atoms with E-state index in [-0.39, 0.29) is 11.8 Å². The van der Waals surface area contributed by atoms with Crippen LogP contribution >= 0.6 is 0 Å². The molecule has 1 saturated heterocycles. The number of fused-ring (bicyclic) bond motifs is 1. The van der Waals surface area contributed by atoms with Gasteiger partial charge < -0.3 is 10.6 Å². The van der Waals surface area contributed by atoms with Gasteiger partial charge in [0.1, 0.15) is 0 Å². The summed E-state index contributed by atoms with van der Waals surface area (Å²) in [7, 11) is 0. The average molecular weight is 258 g/mol. The Bertz CT molecular complexity index is 468. The number of carbonyl (C=O) groups is 1. The van der Waals surface area contributed by atoms with Gasteiger partial charge >= 0.3 is 0 Å². The lowest BCUT2D eigenvalue weighted by Crippen LogP contribution is -2.49. The second kappa shape index (κ2) is 5.33. The predicted octanol–water partition coefficient (Wildman–Crippen LogP) is 1.69. The molecule has 2 unspecified atom stereocenters. The third kappa shape index (κ3) is 2.52. The van der Waals surface area contributed by atoms with E-state index in [4.69, 9.17) is 0 Å². The van der Waals surface area contributed by atoms with Crippen molar-refractivity contribution in [2.45, 2.75) is 25.7 Å². The molecule has 2 atom stereocenters. The lowest BCUT2D eigenvalue weighted by Gasteiger charge is -2.32. The summed E-state index contributed by atoms with van der Waals surface area (Å²) in [6.07, 6.45) is 2.32. The Hall–Kier alpha value is -1.35. The van der Waals surface area contributed by atoms with Gasteiger partial charge in [-0.15, -0.1) is 0 Å². The van der Waals surface area contributed by atoms with Crippen LogP contribution in [0.5, 0.6) is 0 Å². The smallest absolute Gasteiger partial charge is 0.223 e. The molecule has 2 aliphatic rings. The number of hydrogen-bond donors (Lipinski definition) is 2. The van der Waals surface area contributed by atoms with Crippen molar-refractivity contribution in [3.05, 3.63) is 35.4 Å². The van der Waals surface area contributed by atoms with E-state index in [2.05, 4.69) is 34.9 Å². The van der Waals surface area contributed by atoms with Crippen molar-refractivity contribution in [1.29, 1.82) is 0 Å². The van der Waals surface area contributed by atoms with Gasteiger partial charge in [0.2, 0.25) is 5.91 Å². The first-order valence-corrected chi connectivity index (χ1v) is 7.32. The van der Waals surface area contributed by atoms with Crippen LogP contribution in [0.15, 0.2) is 24.3 Å². The normalized spacial score (nSPS) is 23.5. The van der Waals surface area contributed by atoms with Gasteiger partial charge in [-0.3, -0.25) is 4.79 Å². The minimum atomic E-state index is 0.137. The monoisotopic (exact) mass is 258 g/mol. The minimum Gasteiger partial charge on any atom is -0.355 e.